The summed E-state index contributed by atoms with van der Waals surface area (Å²) in [6.07, 6.45) is 8.02. The first-order chi connectivity index (χ1) is 11.8. The molecule has 1 atom stereocenters. The molecule has 1 saturated carbocycles. The minimum atomic E-state index is -3.21. The van der Waals surface area contributed by atoms with Gasteiger partial charge in [-0.2, -0.15) is 0 Å². The molecule has 2 aliphatic rings. The molecule has 1 heterocycles. The highest BCUT2D eigenvalue weighted by Crippen LogP contribution is 2.30. The van der Waals surface area contributed by atoms with Gasteiger partial charge in [0.05, 0.1) is 11.8 Å². The summed E-state index contributed by atoms with van der Waals surface area (Å²) in [5.41, 5.74) is 2.97. The van der Waals surface area contributed by atoms with E-state index in [4.69, 9.17) is 0 Å². The van der Waals surface area contributed by atoms with Gasteiger partial charge >= 0.3 is 0 Å². The molecule has 0 N–H and O–H groups in total. The molecule has 0 saturated heterocycles. The van der Waals surface area contributed by atoms with Crippen molar-refractivity contribution in [3.8, 4) is 0 Å². The van der Waals surface area contributed by atoms with Crippen LogP contribution in [0.3, 0.4) is 0 Å². The van der Waals surface area contributed by atoms with Gasteiger partial charge in [0.25, 0.3) is 0 Å². The third-order valence-corrected chi connectivity index (χ3v) is 6.56. The SMILES string of the molecule is Cc1cc(C)cc(N(C(=O)CC2CCCCC2)[C@H]2C=CS(=O)(=O)C2)c1. The molecule has 136 valence electrons. The zero-order chi connectivity index (χ0) is 18.0. The second kappa shape index (κ2) is 7.32. The molecule has 25 heavy (non-hydrogen) atoms. The summed E-state index contributed by atoms with van der Waals surface area (Å²) >= 11 is 0. The first-order valence-corrected chi connectivity index (χ1v) is 10.9. The Morgan fingerprint density at radius 2 is 1.72 bits per heavy atom. The normalized spacial score (nSPS) is 22.9. The highest BCUT2D eigenvalue weighted by Gasteiger charge is 2.32. The van der Waals surface area contributed by atoms with Gasteiger partial charge < -0.3 is 4.90 Å². The third kappa shape index (κ3) is 4.51. The highest BCUT2D eigenvalue weighted by molar-refractivity contribution is 7.94. The van der Waals surface area contributed by atoms with Crippen LogP contribution in [0.1, 0.15) is 49.7 Å². The van der Waals surface area contributed by atoms with E-state index in [9.17, 15) is 13.2 Å². The van der Waals surface area contributed by atoms with Gasteiger partial charge in [-0.25, -0.2) is 8.42 Å². The van der Waals surface area contributed by atoms with E-state index in [0.29, 0.717) is 12.3 Å². The lowest BCUT2D eigenvalue weighted by Gasteiger charge is -2.31. The number of hydrogen-bond donors (Lipinski definition) is 0. The van der Waals surface area contributed by atoms with Crippen LogP contribution in [0.25, 0.3) is 0 Å². The van der Waals surface area contributed by atoms with E-state index >= 15 is 0 Å². The fraction of sp³-hybridized carbons (Fsp3) is 0.550. The lowest BCUT2D eigenvalue weighted by Crippen LogP contribution is -2.42. The third-order valence-electron chi connectivity index (χ3n) is 5.18. The number of hydrogen-bond acceptors (Lipinski definition) is 3. The number of carbonyl (C=O) groups is 1. The molecular weight excluding hydrogens is 334 g/mol. The van der Waals surface area contributed by atoms with Crippen molar-refractivity contribution in [3.63, 3.8) is 0 Å². The van der Waals surface area contributed by atoms with E-state index in [0.717, 1.165) is 29.7 Å². The molecule has 3 rings (SSSR count). The number of anilines is 1. The smallest absolute Gasteiger partial charge is 0.227 e. The topological polar surface area (TPSA) is 54.5 Å². The molecule has 1 amide bonds. The van der Waals surface area contributed by atoms with E-state index in [1.165, 1.54) is 24.7 Å². The van der Waals surface area contributed by atoms with Gasteiger partial charge in [-0.1, -0.05) is 25.3 Å². The molecule has 0 spiro atoms. The van der Waals surface area contributed by atoms with Crippen molar-refractivity contribution in [1.82, 2.24) is 0 Å². The van der Waals surface area contributed by atoms with E-state index in [-0.39, 0.29) is 11.7 Å². The Hall–Kier alpha value is -1.62. The molecule has 1 fully saturated rings. The van der Waals surface area contributed by atoms with Crippen LogP contribution in [0, 0.1) is 19.8 Å². The summed E-state index contributed by atoms with van der Waals surface area (Å²) in [6, 6.07) is 5.62. The number of aryl methyl sites for hydroxylation is 2. The number of carbonyl (C=O) groups excluding carboxylic acids is 1. The van der Waals surface area contributed by atoms with Crippen molar-refractivity contribution in [2.75, 3.05) is 10.7 Å². The van der Waals surface area contributed by atoms with Crippen LogP contribution in [-0.4, -0.2) is 26.1 Å². The van der Waals surface area contributed by atoms with E-state index < -0.39 is 15.9 Å². The van der Waals surface area contributed by atoms with E-state index in [2.05, 4.69) is 6.07 Å². The van der Waals surface area contributed by atoms with Crippen molar-refractivity contribution >= 4 is 21.4 Å². The zero-order valence-corrected chi connectivity index (χ0v) is 15.9. The Balaban J connectivity index is 1.88. The maximum absolute atomic E-state index is 13.1. The van der Waals surface area contributed by atoms with Crippen LogP contribution in [0.4, 0.5) is 5.69 Å². The fourth-order valence-corrected chi connectivity index (χ4v) is 5.33. The molecule has 1 aromatic rings. The molecule has 1 aliphatic heterocycles. The average molecular weight is 362 g/mol. The molecule has 0 aromatic heterocycles. The quantitative estimate of drug-likeness (QED) is 0.817. The molecule has 1 aliphatic carbocycles. The van der Waals surface area contributed by atoms with Crippen molar-refractivity contribution in [2.24, 2.45) is 5.92 Å². The van der Waals surface area contributed by atoms with Gasteiger partial charge in [0, 0.05) is 17.5 Å². The first kappa shape index (κ1) is 18.2. The zero-order valence-electron chi connectivity index (χ0n) is 15.1. The summed E-state index contributed by atoms with van der Waals surface area (Å²) in [6.45, 7) is 4.00. The van der Waals surface area contributed by atoms with Gasteiger partial charge in [-0.15, -0.1) is 0 Å². The second-order valence-corrected chi connectivity index (χ2v) is 9.47. The predicted octanol–water partition coefficient (Wildman–Crippen LogP) is 3.92. The van der Waals surface area contributed by atoms with E-state index in [1.54, 1.807) is 11.0 Å². The van der Waals surface area contributed by atoms with Gasteiger partial charge in [0.1, 0.15) is 0 Å². The lowest BCUT2D eigenvalue weighted by molar-refractivity contribution is -0.120. The maximum atomic E-state index is 13.1. The predicted molar refractivity (Wildman–Crippen MR) is 101 cm³/mol. The number of nitrogens with zero attached hydrogens (tertiary/aromatic N) is 1. The molecule has 5 heteroatoms. The van der Waals surface area contributed by atoms with Crippen LogP contribution in [0.15, 0.2) is 29.7 Å². The molecule has 0 radical (unpaired) electrons. The van der Waals surface area contributed by atoms with Crippen molar-refractivity contribution < 1.29 is 13.2 Å². The Kier molecular flexibility index (Phi) is 5.32. The maximum Gasteiger partial charge on any atom is 0.227 e. The minimum absolute atomic E-state index is 0.0175. The Bertz CT molecular complexity index is 756. The minimum Gasteiger partial charge on any atom is -0.304 e. The number of sulfone groups is 1. The largest absolute Gasteiger partial charge is 0.304 e. The highest BCUT2D eigenvalue weighted by atomic mass is 32.2. The number of benzene rings is 1. The van der Waals surface area contributed by atoms with Crippen LogP contribution in [0.5, 0.6) is 0 Å². The van der Waals surface area contributed by atoms with Gasteiger partial charge in [0.2, 0.25) is 5.91 Å². The molecule has 1 aromatic carbocycles. The van der Waals surface area contributed by atoms with Crippen LogP contribution in [0.2, 0.25) is 0 Å². The summed E-state index contributed by atoms with van der Waals surface area (Å²) in [7, 11) is -3.21. The van der Waals surface area contributed by atoms with Crippen LogP contribution >= 0.6 is 0 Å². The number of amides is 1. The van der Waals surface area contributed by atoms with Gasteiger partial charge in [-0.05, 0) is 61.9 Å². The summed E-state index contributed by atoms with van der Waals surface area (Å²) in [4.78, 5) is 14.8. The summed E-state index contributed by atoms with van der Waals surface area (Å²) in [5, 5.41) is 1.25. The summed E-state index contributed by atoms with van der Waals surface area (Å²) < 4.78 is 23.8. The van der Waals surface area contributed by atoms with Gasteiger partial charge in [0.15, 0.2) is 9.84 Å². The molecule has 0 bridgehead atoms. The molecule has 0 unspecified atom stereocenters. The summed E-state index contributed by atoms with van der Waals surface area (Å²) in [5.74, 6) is 0.455. The van der Waals surface area contributed by atoms with Crippen LogP contribution in [-0.2, 0) is 14.6 Å². The Morgan fingerprint density at radius 3 is 2.28 bits per heavy atom. The average Bonchev–Trinajstić information content (AvgIpc) is 2.87. The second-order valence-electron chi connectivity index (χ2n) is 7.54. The molecule has 4 nitrogen and oxygen atoms in total. The molecular formula is C20H27NO3S. The Morgan fingerprint density at radius 1 is 1.08 bits per heavy atom. The monoisotopic (exact) mass is 361 g/mol. The van der Waals surface area contributed by atoms with Crippen molar-refractivity contribution in [3.05, 3.63) is 40.8 Å². The lowest BCUT2D eigenvalue weighted by atomic mass is 9.86. The van der Waals surface area contributed by atoms with Crippen molar-refractivity contribution in [2.45, 2.75) is 58.4 Å². The fourth-order valence-electron chi connectivity index (χ4n) is 4.07. The van der Waals surface area contributed by atoms with E-state index in [1.807, 2.05) is 26.0 Å². The van der Waals surface area contributed by atoms with Crippen molar-refractivity contribution in [1.29, 1.82) is 0 Å². The number of rotatable bonds is 4. The van der Waals surface area contributed by atoms with Crippen LogP contribution < -0.4 is 4.90 Å². The standard InChI is InChI=1S/C20H27NO3S/c1-15-10-16(2)12-19(11-15)21(18-8-9-25(23,24)14-18)20(22)13-17-6-4-3-5-7-17/h8-12,17-18H,3-7,13-14H2,1-2H3/t18-/m0/s1. The van der Waals surface area contributed by atoms with Gasteiger partial charge in [-0.3, -0.25) is 4.79 Å². The first-order valence-electron chi connectivity index (χ1n) is 9.15. The Labute approximate surface area is 150 Å².